The van der Waals surface area contributed by atoms with Gasteiger partial charge < -0.3 is 9.88 Å². The number of imidazole rings is 1. The summed E-state index contributed by atoms with van der Waals surface area (Å²) in [4.78, 5) is 6.85. The van der Waals surface area contributed by atoms with E-state index in [4.69, 9.17) is 0 Å². The van der Waals surface area contributed by atoms with Gasteiger partial charge in [0.05, 0.1) is 6.33 Å². The molecule has 4 nitrogen and oxygen atoms in total. The van der Waals surface area contributed by atoms with Gasteiger partial charge in [-0.05, 0) is 31.1 Å². The van der Waals surface area contributed by atoms with Crippen LogP contribution in [0.2, 0.25) is 0 Å². The molecule has 2 atom stereocenters. The van der Waals surface area contributed by atoms with E-state index in [-0.39, 0.29) is 0 Å². The first-order valence-corrected chi connectivity index (χ1v) is 8.17. The molecule has 0 amide bonds. The standard InChI is InChI=1S/C16H28N4/c1-13(2)16-10-18-15(14-4-5-14)11-20(16)8-3-7-19-9-6-17-12-19/h6,9,12-16,18H,3-5,7-8,10-11H2,1-2H3. The fraction of sp³-hybridized carbons (Fsp3) is 0.812. The van der Waals surface area contributed by atoms with Crippen LogP contribution in [0.15, 0.2) is 18.7 Å². The van der Waals surface area contributed by atoms with Gasteiger partial charge in [0.15, 0.2) is 0 Å². The second kappa shape index (κ2) is 6.27. The maximum Gasteiger partial charge on any atom is 0.0945 e. The van der Waals surface area contributed by atoms with Crippen LogP contribution in [-0.2, 0) is 6.54 Å². The zero-order chi connectivity index (χ0) is 13.9. The van der Waals surface area contributed by atoms with E-state index in [1.807, 2.05) is 12.5 Å². The van der Waals surface area contributed by atoms with E-state index < -0.39 is 0 Å². The minimum absolute atomic E-state index is 0.702. The molecule has 1 saturated heterocycles. The highest BCUT2D eigenvalue weighted by Gasteiger charge is 2.37. The van der Waals surface area contributed by atoms with Crippen molar-refractivity contribution in [1.82, 2.24) is 19.8 Å². The molecule has 2 unspecified atom stereocenters. The largest absolute Gasteiger partial charge is 0.337 e. The normalized spacial score (nSPS) is 28.1. The molecule has 112 valence electrons. The van der Waals surface area contributed by atoms with Crippen LogP contribution in [0, 0.1) is 11.8 Å². The number of nitrogens with zero attached hydrogens (tertiary/aromatic N) is 3. The molecule has 1 aromatic rings. The highest BCUT2D eigenvalue weighted by molar-refractivity contribution is 4.95. The van der Waals surface area contributed by atoms with Crippen LogP contribution >= 0.6 is 0 Å². The number of rotatable bonds is 6. The Labute approximate surface area is 122 Å². The Kier molecular flexibility index (Phi) is 4.41. The molecular weight excluding hydrogens is 248 g/mol. The maximum atomic E-state index is 4.11. The van der Waals surface area contributed by atoms with Crippen molar-refractivity contribution in [3.8, 4) is 0 Å². The van der Waals surface area contributed by atoms with Gasteiger partial charge in [0.2, 0.25) is 0 Å². The number of hydrogen-bond donors (Lipinski definition) is 1. The molecule has 2 aliphatic rings. The quantitative estimate of drug-likeness (QED) is 0.862. The van der Waals surface area contributed by atoms with Crippen molar-refractivity contribution >= 4 is 0 Å². The Morgan fingerprint density at radius 1 is 1.30 bits per heavy atom. The molecule has 0 aromatic carbocycles. The topological polar surface area (TPSA) is 33.1 Å². The van der Waals surface area contributed by atoms with Crippen LogP contribution < -0.4 is 5.32 Å². The average Bonchev–Trinajstić information content (AvgIpc) is 3.16. The number of hydrogen-bond acceptors (Lipinski definition) is 3. The maximum absolute atomic E-state index is 4.11. The molecule has 1 saturated carbocycles. The van der Waals surface area contributed by atoms with Crippen LogP contribution in [0.4, 0.5) is 0 Å². The molecule has 3 rings (SSSR count). The van der Waals surface area contributed by atoms with E-state index in [1.165, 1.54) is 38.9 Å². The molecular formula is C16H28N4. The molecule has 1 aromatic heterocycles. The van der Waals surface area contributed by atoms with Gasteiger partial charge in [-0.1, -0.05) is 13.8 Å². The summed E-state index contributed by atoms with van der Waals surface area (Å²) in [5.41, 5.74) is 0. The number of nitrogens with one attached hydrogen (secondary N) is 1. The molecule has 1 aliphatic heterocycles. The minimum Gasteiger partial charge on any atom is -0.337 e. The van der Waals surface area contributed by atoms with Crippen LogP contribution in [-0.4, -0.2) is 46.2 Å². The second-order valence-corrected chi connectivity index (χ2v) is 6.81. The molecule has 4 heteroatoms. The third-order valence-electron chi connectivity index (χ3n) is 4.87. The summed E-state index contributed by atoms with van der Waals surface area (Å²) in [5, 5.41) is 3.79. The van der Waals surface area contributed by atoms with Crippen molar-refractivity contribution in [2.45, 2.75) is 51.7 Å². The third kappa shape index (κ3) is 3.41. The van der Waals surface area contributed by atoms with Crippen molar-refractivity contribution in [3.05, 3.63) is 18.7 Å². The van der Waals surface area contributed by atoms with E-state index >= 15 is 0 Å². The molecule has 0 bridgehead atoms. The smallest absolute Gasteiger partial charge is 0.0945 e. The molecule has 0 radical (unpaired) electrons. The van der Waals surface area contributed by atoms with Gasteiger partial charge in [-0.2, -0.15) is 0 Å². The van der Waals surface area contributed by atoms with Gasteiger partial charge in [0, 0.05) is 50.7 Å². The predicted molar refractivity (Wildman–Crippen MR) is 81.6 cm³/mol. The Morgan fingerprint density at radius 3 is 2.80 bits per heavy atom. The van der Waals surface area contributed by atoms with Gasteiger partial charge in [0.25, 0.3) is 0 Å². The summed E-state index contributed by atoms with van der Waals surface area (Å²) in [6.07, 6.45) is 9.94. The van der Waals surface area contributed by atoms with Crippen LogP contribution in [0.1, 0.15) is 33.1 Å². The lowest BCUT2D eigenvalue weighted by Gasteiger charge is -2.42. The van der Waals surface area contributed by atoms with Gasteiger partial charge in [-0.3, -0.25) is 4.90 Å². The highest BCUT2D eigenvalue weighted by atomic mass is 15.2. The fourth-order valence-corrected chi connectivity index (χ4v) is 3.46. The van der Waals surface area contributed by atoms with Gasteiger partial charge in [0.1, 0.15) is 0 Å². The van der Waals surface area contributed by atoms with Crippen LogP contribution in [0.3, 0.4) is 0 Å². The predicted octanol–water partition coefficient (Wildman–Crippen LogP) is 1.98. The lowest BCUT2D eigenvalue weighted by Crippen LogP contribution is -2.59. The molecule has 2 heterocycles. The third-order valence-corrected chi connectivity index (χ3v) is 4.87. The Morgan fingerprint density at radius 2 is 2.15 bits per heavy atom. The van der Waals surface area contributed by atoms with Crippen molar-refractivity contribution in [2.75, 3.05) is 19.6 Å². The summed E-state index contributed by atoms with van der Waals surface area (Å²) in [7, 11) is 0. The minimum atomic E-state index is 0.702. The first kappa shape index (κ1) is 14.1. The number of piperazine rings is 1. The zero-order valence-corrected chi connectivity index (χ0v) is 12.8. The Bertz CT molecular complexity index is 397. The Hall–Kier alpha value is -0.870. The molecule has 20 heavy (non-hydrogen) atoms. The summed E-state index contributed by atoms with van der Waals surface area (Å²) >= 11 is 0. The van der Waals surface area contributed by atoms with Gasteiger partial charge in [-0.25, -0.2) is 4.98 Å². The second-order valence-electron chi connectivity index (χ2n) is 6.81. The summed E-state index contributed by atoms with van der Waals surface area (Å²) in [5.74, 6) is 1.69. The first-order chi connectivity index (χ1) is 9.74. The van der Waals surface area contributed by atoms with E-state index in [0.717, 1.165) is 24.4 Å². The monoisotopic (exact) mass is 276 g/mol. The van der Waals surface area contributed by atoms with E-state index in [1.54, 1.807) is 0 Å². The lowest BCUT2D eigenvalue weighted by molar-refractivity contribution is 0.0898. The average molecular weight is 276 g/mol. The highest BCUT2D eigenvalue weighted by Crippen LogP contribution is 2.34. The number of aryl methyl sites for hydroxylation is 1. The fourth-order valence-electron chi connectivity index (χ4n) is 3.46. The van der Waals surface area contributed by atoms with E-state index in [0.29, 0.717) is 6.04 Å². The van der Waals surface area contributed by atoms with Crippen molar-refractivity contribution < 1.29 is 0 Å². The van der Waals surface area contributed by atoms with Crippen molar-refractivity contribution in [1.29, 1.82) is 0 Å². The SMILES string of the molecule is CC(C)C1CNC(C2CC2)CN1CCCn1ccnc1. The molecule has 1 aliphatic carbocycles. The van der Waals surface area contributed by atoms with Crippen LogP contribution in [0.25, 0.3) is 0 Å². The van der Waals surface area contributed by atoms with Crippen molar-refractivity contribution in [2.24, 2.45) is 11.8 Å². The van der Waals surface area contributed by atoms with Gasteiger partial charge >= 0.3 is 0 Å². The Balaban J connectivity index is 1.51. The van der Waals surface area contributed by atoms with E-state index in [2.05, 4.69) is 39.8 Å². The zero-order valence-electron chi connectivity index (χ0n) is 12.8. The summed E-state index contributed by atoms with van der Waals surface area (Å²) < 4.78 is 2.19. The van der Waals surface area contributed by atoms with Gasteiger partial charge in [-0.15, -0.1) is 0 Å². The summed E-state index contributed by atoms with van der Waals surface area (Å²) in [6, 6.07) is 1.45. The lowest BCUT2D eigenvalue weighted by atomic mass is 9.97. The molecule has 1 N–H and O–H groups in total. The van der Waals surface area contributed by atoms with Crippen molar-refractivity contribution in [3.63, 3.8) is 0 Å². The first-order valence-electron chi connectivity index (χ1n) is 8.17. The molecule has 2 fully saturated rings. The molecule has 0 spiro atoms. The summed E-state index contributed by atoms with van der Waals surface area (Å²) in [6.45, 7) is 9.43. The van der Waals surface area contributed by atoms with E-state index in [9.17, 15) is 0 Å². The van der Waals surface area contributed by atoms with Crippen LogP contribution in [0.5, 0.6) is 0 Å². The number of aromatic nitrogens is 2.